The van der Waals surface area contributed by atoms with Gasteiger partial charge in [0.15, 0.2) is 0 Å². The zero-order valence-corrected chi connectivity index (χ0v) is 11.1. The summed E-state index contributed by atoms with van der Waals surface area (Å²) in [5, 5.41) is 1.21. The van der Waals surface area contributed by atoms with Crippen LogP contribution >= 0.6 is 0 Å². The van der Waals surface area contributed by atoms with Gasteiger partial charge in [-0.1, -0.05) is 32.3 Å². The topological polar surface area (TPSA) is 30.9 Å². The largest absolute Gasteiger partial charge is 0.398 e. The predicted molar refractivity (Wildman–Crippen MR) is 77.6 cm³/mol. The van der Waals surface area contributed by atoms with Crippen LogP contribution < -0.4 is 5.73 Å². The van der Waals surface area contributed by atoms with Crippen molar-refractivity contribution >= 4 is 16.6 Å². The summed E-state index contributed by atoms with van der Waals surface area (Å²) in [6, 6.07) is 9.10. The van der Waals surface area contributed by atoms with E-state index in [1.54, 1.807) is 0 Å². The molecule has 1 aliphatic rings. The maximum Gasteiger partial charge on any atom is 0.0503 e. The van der Waals surface area contributed by atoms with E-state index in [4.69, 9.17) is 5.73 Å². The lowest BCUT2D eigenvalue weighted by Crippen LogP contribution is -2.22. The molecule has 18 heavy (non-hydrogen) atoms. The third kappa shape index (κ3) is 1.80. The summed E-state index contributed by atoms with van der Waals surface area (Å²) in [7, 11) is 0. The molecule has 2 nitrogen and oxygen atoms in total. The quantitative estimate of drug-likeness (QED) is 0.779. The molecule has 0 spiro atoms. The molecule has 96 valence electrons. The average Bonchev–Trinajstić information content (AvgIpc) is 2.84. The van der Waals surface area contributed by atoms with E-state index in [0.717, 1.165) is 11.6 Å². The van der Waals surface area contributed by atoms with Crippen molar-refractivity contribution in [2.45, 2.75) is 45.1 Å². The minimum absolute atomic E-state index is 0.669. The number of hydrogen-bond acceptors (Lipinski definition) is 1. The fraction of sp³-hybridized carbons (Fsp3) is 0.500. The van der Waals surface area contributed by atoms with E-state index in [2.05, 4.69) is 35.9 Å². The highest BCUT2D eigenvalue weighted by Gasteiger charge is 2.25. The van der Waals surface area contributed by atoms with E-state index >= 15 is 0 Å². The number of benzene rings is 1. The first kappa shape index (κ1) is 11.6. The molecule has 2 N–H and O–H groups in total. The molecule has 2 unspecified atom stereocenters. The van der Waals surface area contributed by atoms with Crippen LogP contribution in [-0.4, -0.2) is 4.57 Å². The van der Waals surface area contributed by atoms with Gasteiger partial charge in [-0.15, -0.1) is 0 Å². The maximum atomic E-state index is 6.05. The smallest absolute Gasteiger partial charge is 0.0503 e. The second kappa shape index (κ2) is 4.68. The van der Waals surface area contributed by atoms with E-state index in [9.17, 15) is 0 Å². The van der Waals surface area contributed by atoms with E-state index < -0.39 is 0 Å². The van der Waals surface area contributed by atoms with Gasteiger partial charge in [-0.25, -0.2) is 0 Å². The SMILES string of the molecule is CCC1CCCCC1n1ccc2c(N)cccc21. The fourth-order valence-corrected chi connectivity index (χ4v) is 3.53. The Morgan fingerprint density at radius 1 is 1.22 bits per heavy atom. The Morgan fingerprint density at radius 3 is 2.89 bits per heavy atom. The number of nitrogens with zero attached hydrogens (tertiary/aromatic N) is 1. The van der Waals surface area contributed by atoms with Gasteiger partial charge in [-0.05, 0) is 37.0 Å². The van der Waals surface area contributed by atoms with Gasteiger partial charge in [0.05, 0.1) is 5.52 Å². The molecule has 1 fully saturated rings. The normalized spacial score (nSPS) is 24.5. The van der Waals surface area contributed by atoms with Gasteiger partial charge in [0.1, 0.15) is 0 Å². The third-order valence-electron chi connectivity index (χ3n) is 4.55. The van der Waals surface area contributed by atoms with Gasteiger partial charge in [0.25, 0.3) is 0 Å². The predicted octanol–water partition coefficient (Wildman–Crippen LogP) is 4.36. The fourth-order valence-electron chi connectivity index (χ4n) is 3.53. The van der Waals surface area contributed by atoms with Crippen LogP contribution in [0.2, 0.25) is 0 Å². The first-order chi connectivity index (χ1) is 8.81. The first-order valence-electron chi connectivity index (χ1n) is 7.16. The van der Waals surface area contributed by atoms with Crippen molar-refractivity contribution in [2.75, 3.05) is 5.73 Å². The number of aromatic nitrogens is 1. The molecule has 0 saturated heterocycles. The van der Waals surface area contributed by atoms with Crippen molar-refractivity contribution in [1.82, 2.24) is 4.57 Å². The Labute approximate surface area is 109 Å². The summed E-state index contributed by atoms with van der Waals surface area (Å²) in [5.41, 5.74) is 8.26. The number of nitrogen functional groups attached to an aromatic ring is 1. The Hall–Kier alpha value is -1.44. The van der Waals surface area contributed by atoms with Crippen LogP contribution in [0.15, 0.2) is 30.5 Å². The van der Waals surface area contributed by atoms with Gasteiger partial charge in [0, 0.05) is 23.3 Å². The van der Waals surface area contributed by atoms with E-state index in [1.807, 2.05) is 6.07 Å². The molecule has 1 aromatic carbocycles. The molecule has 2 atom stereocenters. The van der Waals surface area contributed by atoms with Crippen LogP contribution in [0, 0.1) is 5.92 Å². The van der Waals surface area contributed by atoms with Crippen molar-refractivity contribution in [1.29, 1.82) is 0 Å². The van der Waals surface area contributed by atoms with Gasteiger partial charge in [0.2, 0.25) is 0 Å². The zero-order valence-electron chi connectivity index (χ0n) is 11.1. The summed E-state index contributed by atoms with van der Waals surface area (Å²) in [6.45, 7) is 2.32. The van der Waals surface area contributed by atoms with E-state index in [-0.39, 0.29) is 0 Å². The van der Waals surface area contributed by atoms with Crippen LogP contribution in [0.3, 0.4) is 0 Å². The number of hydrogen-bond donors (Lipinski definition) is 1. The molecule has 0 radical (unpaired) electrons. The summed E-state index contributed by atoms with van der Waals surface area (Å²) < 4.78 is 2.47. The molecular weight excluding hydrogens is 220 g/mol. The van der Waals surface area contributed by atoms with Crippen LogP contribution in [0.5, 0.6) is 0 Å². The summed E-state index contributed by atoms with van der Waals surface area (Å²) in [5.74, 6) is 0.829. The molecule has 1 saturated carbocycles. The number of anilines is 1. The van der Waals surface area contributed by atoms with Crippen molar-refractivity contribution in [2.24, 2.45) is 5.92 Å². The van der Waals surface area contributed by atoms with Crippen molar-refractivity contribution in [3.63, 3.8) is 0 Å². The molecule has 2 heteroatoms. The second-order valence-electron chi connectivity index (χ2n) is 5.52. The van der Waals surface area contributed by atoms with Crippen molar-refractivity contribution < 1.29 is 0 Å². The standard InChI is InChI=1S/C16H22N2/c1-2-12-6-3-4-8-15(12)18-11-10-13-14(17)7-5-9-16(13)18/h5,7,9-12,15H,2-4,6,8,17H2,1H3. The van der Waals surface area contributed by atoms with Crippen molar-refractivity contribution in [3.8, 4) is 0 Å². The minimum Gasteiger partial charge on any atom is -0.398 e. The molecular formula is C16H22N2. The van der Waals surface area contributed by atoms with E-state index in [0.29, 0.717) is 6.04 Å². The molecule has 3 rings (SSSR count). The Bertz CT molecular complexity index is 541. The third-order valence-corrected chi connectivity index (χ3v) is 4.55. The molecule has 0 bridgehead atoms. The van der Waals surface area contributed by atoms with E-state index in [1.165, 1.54) is 43.0 Å². The minimum atomic E-state index is 0.669. The average molecular weight is 242 g/mol. The number of fused-ring (bicyclic) bond motifs is 1. The first-order valence-corrected chi connectivity index (χ1v) is 7.16. The van der Waals surface area contributed by atoms with Gasteiger partial charge >= 0.3 is 0 Å². The molecule has 1 heterocycles. The molecule has 1 aromatic heterocycles. The highest BCUT2D eigenvalue weighted by Crippen LogP contribution is 2.38. The van der Waals surface area contributed by atoms with Crippen LogP contribution in [0.4, 0.5) is 5.69 Å². The Balaban J connectivity index is 2.05. The number of rotatable bonds is 2. The Kier molecular flexibility index (Phi) is 3.02. The van der Waals surface area contributed by atoms with Crippen LogP contribution in [0.25, 0.3) is 10.9 Å². The highest BCUT2D eigenvalue weighted by molar-refractivity contribution is 5.91. The summed E-state index contributed by atoms with van der Waals surface area (Å²) in [4.78, 5) is 0. The lowest BCUT2D eigenvalue weighted by atomic mass is 9.82. The zero-order chi connectivity index (χ0) is 12.5. The maximum absolute atomic E-state index is 6.05. The van der Waals surface area contributed by atoms with Crippen molar-refractivity contribution in [3.05, 3.63) is 30.5 Å². The second-order valence-corrected chi connectivity index (χ2v) is 5.52. The molecule has 1 aliphatic carbocycles. The Morgan fingerprint density at radius 2 is 2.06 bits per heavy atom. The van der Waals surface area contributed by atoms with Gasteiger partial charge < -0.3 is 10.3 Å². The van der Waals surface area contributed by atoms with Gasteiger partial charge in [-0.3, -0.25) is 0 Å². The molecule has 2 aromatic rings. The van der Waals surface area contributed by atoms with Crippen LogP contribution in [0.1, 0.15) is 45.1 Å². The van der Waals surface area contributed by atoms with Gasteiger partial charge in [-0.2, -0.15) is 0 Å². The lowest BCUT2D eigenvalue weighted by Gasteiger charge is -2.32. The van der Waals surface area contributed by atoms with Crippen LogP contribution in [-0.2, 0) is 0 Å². The summed E-state index contributed by atoms with van der Waals surface area (Å²) >= 11 is 0. The monoisotopic (exact) mass is 242 g/mol. The molecule has 0 aliphatic heterocycles. The highest BCUT2D eigenvalue weighted by atomic mass is 15.0. The summed E-state index contributed by atoms with van der Waals surface area (Å²) in [6.07, 6.45) is 8.98. The lowest BCUT2D eigenvalue weighted by molar-refractivity contribution is 0.237. The molecule has 0 amide bonds. The number of nitrogens with two attached hydrogens (primary N) is 1.